The molecule has 0 radical (unpaired) electrons. The number of nitriles is 1. The molecule has 0 saturated heterocycles. The Kier molecular flexibility index (Phi) is 4.73. The lowest BCUT2D eigenvalue weighted by Crippen LogP contribution is -1.95. The van der Waals surface area contributed by atoms with E-state index in [2.05, 4.69) is 16.3 Å². The van der Waals surface area contributed by atoms with Gasteiger partial charge in [-0.15, -0.1) is 0 Å². The second-order valence-electron chi connectivity index (χ2n) is 5.23. The van der Waals surface area contributed by atoms with Crippen molar-refractivity contribution in [3.63, 3.8) is 0 Å². The van der Waals surface area contributed by atoms with Crippen LogP contribution < -0.4 is 4.74 Å². The van der Waals surface area contributed by atoms with Gasteiger partial charge in [-0.25, -0.2) is 0 Å². The van der Waals surface area contributed by atoms with Crippen molar-refractivity contribution in [3.05, 3.63) is 71.0 Å². The minimum atomic E-state index is -0.0849. The second kappa shape index (κ2) is 7.12. The Morgan fingerprint density at radius 3 is 2.64 bits per heavy atom. The number of Topliss-reactive ketones (excluding diaryl/α,β-unsaturated/α-hetero) is 1. The van der Waals surface area contributed by atoms with Crippen molar-refractivity contribution in [3.8, 4) is 28.7 Å². The van der Waals surface area contributed by atoms with Crippen molar-refractivity contribution in [2.45, 2.75) is 6.92 Å². The van der Waals surface area contributed by atoms with Crippen LogP contribution in [0.15, 0.2) is 54.9 Å². The molecule has 1 aromatic heterocycles. The van der Waals surface area contributed by atoms with E-state index in [4.69, 9.17) is 16.3 Å². The number of nitrogens with zero attached hydrogens (tertiary/aromatic N) is 3. The zero-order chi connectivity index (χ0) is 17.8. The van der Waals surface area contributed by atoms with E-state index in [0.29, 0.717) is 33.2 Å². The van der Waals surface area contributed by atoms with Crippen LogP contribution >= 0.6 is 11.6 Å². The summed E-state index contributed by atoms with van der Waals surface area (Å²) in [7, 11) is 0. The molecule has 0 aliphatic rings. The monoisotopic (exact) mass is 349 g/mol. The van der Waals surface area contributed by atoms with Crippen molar-refractivity contribution in [2.24, 2.45) is 0 Å². The Hall–Kier alpha value is -3.23. The maximum absolute atomic E-state index is 11.4. The summed E-state index contributed by atoms with van der Waals surface area (Å²) in [6.07, 6.45) is 3.13. The highest BCUT2D eigenvalue weighted by atomic mass is 35.5. The standard InChI is InChI=1S/C19H12ClN3O2/c1-12(24)13-5-6-19(17(20)9-13)25-18-4-2-3-15(16(18)10-21)14-7-8-22-23-11-14/h2-9,11H,1H3. The molecule has 0 N–H and O–H groups in total. The third-order valence-corrected chi connectivity index (χ3v) is 3.89. The number of hydrogen-bond donors (Lipinski definition) is 0. The molecule has 2 aromatic carbocycles. The van der Waals surface area contributed by atoms with Gasteiger partial charge in [-0.3, -0.25) is 4.79 Å². The lowest BCUT2D eigenvalue weighted by atomic mass is 10.0. The number of ether oxygens (including phenoxy) is 1. The molecule has 6 heteroatoms. The molecule has 0 bridgehead atoms. The predicted molar refractivity (Wildman–Crippen MR) is 93.7 cm³/mol. The molecule has 3 rings (SSSR count). The normalized spacial score (nSPS) is 10.1. The average Bonchev–Trinajstić information content (AvgIpc) is 2.63. The predicted octanol–water partition coefficient (Wildman–Crippen LogP) is 4.66. The third kappa shape index (κ3) is 3.49. The number of aromatic nitrogens is 2. The summed E-state index contributed by atoms with van der Waals surface area (Å²) in [5, 5.41) is 17.5. The lowest BCUT2D eigenvalue weighted by Gasteiger charge is -2.12. The lowest BCUT2D eigenvalue weighted by molar-refractivity contribution is 0.101. The van der Waals surface area contributed by atoms with Gasteiger partial charge in [0.05, 0.1) is 17.4 Å². The molecule has 0 atom stereocenters. The Morgan fingerprint density at radius 2 is 2.00 bits per heavy atom. The van der Waals surface area contributed by atoms with Crippen molar-refractivity contribution in [1.29, 1.82) is 5.26 Å². The number of halogens is 1. The minimum absolute atomic E-state index is 0.0849. The van der Waals surface area contributed by atoms with Crippen LogP contribution in [0.25, 0.3) is 11.1 Å². The highest BCUT2D eigenvalue weighted by molar-refractivity contribution is 6.32. The fourth-order valence-corrected chi connectivity index (χ4v) is 2.56. The molecule has 0 saturated carbocycles. The summed E-state index contributed by atoms with van der Waals surface area (Å²) in [5.41, 5.74) is 2.30. The summed E-state index contributed by atoms with van der Waals surface area (Å²) in [5.74, 6) is 0.654. The van der Waals surface area contributed by atoms with Gasteiger partial charge >= 0.3 is 0 Å². The van der Waals surface area contributed by atoms with Crippen molar-refractivity contribution >= 4 is 17.4 Å². The minimum Gasteiger partial charge on any atom is -0.454 e. The summed E-state index contributed by atoms with van der Waals surface area (Å²) in [6, 6.07) is 14.0. The van der Waals surface area contributed by atoms with Gasteiger partial charge in [0, 0.05) is 16.7 Å². The van der Waals surface area contributed by atoms with E-state index in [-0.39, 0.29) is 5.78 Å². The number of carbonyl (C=O) groups is 1. The Morgan fingerprint density at radius 1 is 1.16 bits per heavy atom. The van der Waals surface area contributed by atoms with Gasteiger partial charge in [-0.05, 0) is 37.3 Å². The quantitative estimate of drug-likeness (QED) is 0.640. The average molecular weight is 350 g/mol. The highest BCUT2D eigenvalue weighted by Gasteiger charge is 2.14. The van der Waals surface area contributed by atoms with Gasteiger partial charge in [0.25, 0.3) is 0 Å². The van der Waals surface area contributed by atoms with Gasteiger partial charge in [-0.2, -0.15) is 15.5 Å². The van der Waals surface area contributed by atoms with Gasteiger partial charge in [0.2, 0.25) is 0 Å². The molecule has 1 heterocycles. The Bertz CT molecular complexity index is 982. The second-order valence-corrected chi connectivity index (χ2v) is 5.63. The van der Waals surface area contributed by atoms with Crippen molar-refractivity contribution in [1.82, 2.24) is 10.2 Å². The number of ketones is 1. The maximum atomic E-state index is 11.4. The number of carbonyl (C=O) groups excluding carboxylic acids is 1. The van der Waals surface area contributed by atoms with Crippen molar-refractivity contribution in [2.75, 3.05) is 0 Å². The molecule has 0 aliphatic carbocycles. The van der Waals surface area contributed by atoms with Crippen LogP contribution in [-0.2, 0) is 0 Å². The van der Waals surface area contributed by atoms with Crippen LogP contribution in [0.4, 0.5) is 0 Å². The van der Waals surface area contributed by atoms with Gasteiger partial charge in [0.15, 0.2) is 5.78 Å². The van der Waals surface area contributed by atoms with E-state index in [1.54, 1.807) is 48.8 Å². The first-order valence-electron chi connectivity index (χ1n) is 7.38. The molecule has 0 spiro atoms. The van der Waals surface area contributed by atoms with Crippen molar-refractivity contribution < 1.29 is 9.53 Å². The number of hydrogen-bond acceptors (Lipinski definition) is 5. The summed E-state index contributed by atoms with van der Waals surface area (Å²) in [4.78, 5) is 11.4. The highest BCUT2D eigenvalue weighted by Crippen LogP contribution is 2.35. The van der Waals surface area contributed by atoms with E-state index in [1.807, 2.05) is 6.07 Å². The molecule has 122 valence electrons. The van der Waals surface area contributed by atoms with Crippen LogP contribution in [0, 0.1) is 11.3 Å². The zero-order valence-electron chi connectivity index (χ0n) is 13.2. The molecular weight excluding hydrogens is 338 g/mol. The fraction of sp³-hybridized carbons (Fsp3) is 0.0526. The first-order valence-corrected chi connectivity index (χ1v) is 7.76. The summed E-state index contributed by atoms with van der Waals surface area (Å²) < 4.78 is 5.83. The zero-order valence-corrected chi connectivity index (χ0v) is 14.0. The summed E-state index contributed by atoms with van der Waals surface area (Å²) in [6.45, 7) is 1.46. The summed E-state index contributed by atoms with van der Waals surface area (Å²) >= 11 is 6.20. The van der Waals surface area contributed by atoms with E-state index in [9.17, 15) is 10.1 Å². The molecule has 0 aliphatic heterocycles. The van der Waals surface area contributed by atoms with Gasteiger partial charge in [-0.1, -0.05) is 23.7 Å². The van der Waals surface area contributed by atoms with Gasteiger partial charge < -0.3 is 4.74 Å². The Balaban J connectivity index is 2.02. The van der Waals surface area contributed by atoms with Crippen LogP contribution in [0.3, 0.4) is 0 Å². The number of benzene rings is 2. The topological polar surface area (TPSA) is 75.9 Å². The van der Waals surface area contributed by atoms with E-state index < -0.39 is 0 Å². The molecular formula is C19H12ClN3O2. The molecule has 5 nitrogen and oxygen atoms in total. The first kappa shape index (κ1) is 16.6. The molecule has 25 heavy (non-hydrogen) atoms. The molecule has 3 aromatic rings. The maximum Gasteiger partial charge on any atom is 0.159 e. The first-order chi connectivity index (χ1) is 12.1. The Labute approximate surface area is 149 Å². The molecule has 0 unspecified atom stereocenters. The molecule has 0 fully saturated rings. The van der Waals surface area contributed by atoms with E-state index >= 15 is 0 Å². The van der Waals surface area contributed by atoms with Crippen LogP contribution in [-0.4, -0.2) is 16.0 Å². The van der Waals surface area contributed by atoms with Crippen LogP contribution in [0.5, 0.6) is 11.5 Å². The molecule has 0 amide bonds. The van der Waals surface area contributed by atoms with E-state index in [0.717, 1.165) is 5.56 Å². The smallest absolute Gasteiger partial charge is 0.159 e. The third-order valence-electron chi connectivity index (χ3n) is 3.59. The van der Waals surface area contributed by atoms with E-state index in [1.165, 1.54) is 6.92 Å². The van der Waals surface area contributed by atoms with Crippen LogP contribution in [0.1, 0.15) is 22.8 Å². The van der Waals surface area contributed by atoms with Gasteiger partial charge in [0.1, 0.15) is 23.1 Å². The largest absolute Gasteiger partial charge is 0.454 e. The van der Waals surface area contributed by atoms with Crippen LogP contribution in [0.2, 0.25) is 5.02 Å². The number of rotatable bonds is 4. The SMILES string of the molecule is CC(=O)c1ccc(Oc2cccc(-c3ccnnc3)c2C#N)c(Cl)c1. The fourth-order valence-electron chi connectivity index (χ4n) is 2.34.